The van der Waals surface area contributed by atoms with Gasteiger partial charge in [-0.2, -0.15) is 5.10 Å². The lowest BCUT2D eigenvalue weighted by Crippen LogP contribution is -2.14. The Morgan fingerprint density at radius 3 is 2.21 bits per heavy atom. The molecule has 0 atom stereocenters. The van der Waals surface area contributed by atoms with Crippen LogP contribution in [-0.2, 0) is 0 Å². The highest BCUT2D eigenvalue weighted by atomic mass is 16.5. The Kier molecular flexibility index (Phi) is 5.34. The van der Waals surface area contributed by atoms with Crippen molar-refractivity contribution in [2.24, 2.45) is 0 Å². The van der Waals surface area contributed by atoms with Crippen molar-refractivity contribution in [3.63, 3.8) is 0 Å². The van der Waals surface area contributed by atoms with E-state index in [-0.39, 0.29) is 5.56 Å². The fraction of sp³-hybridized carbons (Fsp3) is 0.0400. The van der Waals surface area contributed by atoms with Crippen molar-refractivity contribution in [2.45, 2.75) is 0 Å². The van der Waals surface area contributed by atoms with E-state index in [1.54, 1.807) is 7.11 Å². The van der Waals surface area contributed by atoms with E-state index in [1.807, 2.05) is 97.1 Å². The molecule has 0 bridgehead atoms. The number of hydrogen-bond acceptors (Lipinski definition) is 3. The second kappa shape index (κ2) is 8.40. The summed E-state index contributed by atoms with van der Waals surface area (Å²) in [6.07, 6.45) is 3.77. The van der Waals surface area contributed by atoms with E-state index >= 15 is 0 Å². The van der Waals surface area contributed by atoms with Crippen molar-refractivity contribution >= 4 is 12.2 Å². The summed E-state index contributed by atoms with van der Waals surface area (Å²) in [5, 5.41) is 7.04. The first-order chi connectivity index (χ1) is 14.3. The first kappa shape index (κ1) is 18.4. The number of methoxy groups -OCH3 is 1. The minimum Gasteiger partial charge on any atom is -0.496 e. The van der Waals surface area contributed by atoms with E-state index in [0.29, 0.717) is 17.0 Å². The number of rotatable bonds is 5. The molecule has 1 N–H and O–H groups in total. The number of aromatic nitrogens is 2. The summed E-state index contributed by atoms with van der Waals surface area (Å²) >= 11 is 0. The standard InChI is InChI=1S/C25H20N2O2/c1-29-22-15-9-8-14-20(22)23-21(17-16-18-10-4-2-5-11-18)25(28)27-26-24(23)19-12-6-3-7-13-19/h2-17H,1H3,(H,27,28)/b17-16+. The highest BCUT2D eigenvalue weighted by Gasteiger charge is 2.19. The van der Waals surface area contributed by atoms with Crippen molar-refractivity contribution in [3.05, 3.63) is 106 Å². The molecule has 0 saturated heterocycles. The predicted molar refractivity (Wildman–Crippen MR) is 118 cm³/mol. The predicted octanol–water partition coefficient (Wildman–Crippen LogP) is 5.28. The van der Waals surface area contributed by atoms with Gasteiger partial charge in [-0.3, -0.25) is 4.79 Å². The number of hydrogen-bond donors (Lipinski definition) is 1. The Bertz CT molecular complexity index is 1200. The van der Waals surface area contributed by atoms with Crippen molar-refractivity contribution in [1.82, 2.24) is 10.2 Å². The number of nitrogens with one attached hydrogen (secondary N) is 1. The third-order valence-electron chi connectivity index (χ3n) is 4.69. The Labute approximate surface area is 169 Å². The van der Waals surface area contributed by atoms with Crippen LogP contribution in [-0.4, -0.2) is 17.3 Å². The van der Waals surface area contributed by atoms with E-state index in [4.69, 9.17) is 4.74 Å². The van der Waals surface area contributed by atoms with Gasteiger partial charge in [0.15, 0.2) is 0 Å². The minimum absolute atomic E-state index is 0.252. The van der Waals surface area contributed by atoms with Crippen molar-refractivity contribution in [2.75, 3.05) is 7.11 Å². The van der Waals surface area contributed by atoms with Gasteiger partial charge in [0, 0.05) is 16.7 Å². The third kappa shape index (κ3) is 3.87. The van der Waals surface area contributed by atoms with Crippen LogP contribution in [0.25, 0.3) is 34.5 Å². The van der Waals surface area contributed by atoms with Gasteiger partial charge < -0.3 is 4.74 Å². The summed E-state index contributed by atoms with van der Waals surface area (Å²) in [5.74, 6) is 0.687. The molecule has 0 radical (unpaired) electrons. The fourth-order valence-electron chi connectivity index (χ4n) is 3.30. The molecule has 0 spiro atoms. The number of aromatic amines is 1. The SMILES string of the molecule is COc1ccccc1-c1c(-c2ccccc2)n[nH]c(=O)c1/C=C/c1ccccc1. The molecule has 0 amide bonds. The number of ether oxygens (including phenoxy) is 1. The lowest BCUT2D eigenvalue weighted by molar-refractivity contribution is 0.416. The van der Waals surface area contributed by atoms with Gasteiger partial charge >= 0.3 is 0 Å². The molecule has 0 unspecified atom stereocenters. The van der Waals surface area contributed by atoms with Crippen LogP contribution in [0.4, 0.5) is 0 Å². The topological polar surface area (TPSA) is 55.0 Å². The van der Waals surface area contributed by atoms with Crippen molar-refractivity contribution < 1.29 is 4.74 Å². The zero-order valence-corrected chi connectivity index (χ0v) is 16.0. The second-order valence-electron chi connectivity index (χ2n) is 6.50. The third-order valence-corrected chi connectivity index (χ3v) is 4.69. The molecule has 142 valence electrons. The maximum atomic E-state index is 12.8. The maximum absolute atomic E-state index is 12.8. The summed E-state index contributed by atoms with van der Waals surface area (Å²) in [6, 6.07) is 27.4. The Hall–Kier alpha value is -3.92. The second-order valence-corrected chi connectivity index (χ2v) is 6.50. The first-order valence-corrected chi connectivity index (χ1v) is 9.32. The first-order valence-electron chi connectivity index (χ1n) is 9.32. The fourth-order valence-corrected chi connectivity index (χ4v) is 3.30. The molecule has 3 aromatic carbocycles. The molecule has 4 aromatic rings. The molecular weight excluding hydrogens is 360 g/mol. The quantitative estimate of drug-likeness (QED) is 0.512. The Morgan fingerprint density at radius 2 is 1.48 bits per heavy atom. The minimum atomic E-state index is -0.252. The van der Waals surface area contributed by atoms with E-state index in [2.05, 4.69) is 10.2 Å². The van der Waals surface area contributed by atoms with E-state index in [0.717, 1.165) is 22.3 Å². The van der Waals surface area contributed by atoms with E-state index in [1.165, 1.54) is 0 Å². The molecule has 4 heteroatoms. The van der Waals surface area contributed by atoms with Crippen LogP contribution in [0.15, 0.2) is 89.7 Å². The summed E-state index contributed by atoms with van der Waals surface area (Å²) < 4.78 is 5.58. The molecule has 4 nitrogen and oxygen atoms in total. The van der Waals surface area contributed by atoms with E-state index < -0.39 is 0 Å². The lowest BCUT2D eigenvalue weighted by atomic mass is 9.94. The highest BCUT2D eigenvalue weighted by Crippen LogP contribution is 2.37. The van der Waals surface area contributed by atoms with Crippen LogP contribution in [0.1, 0.15) is 11.1 Å². The van der Waals surface area contributed by atoms with Crippen LogP contribution in [0.5, 0.6) is 5.75 Å². The lowest BCUT2D eigenvalue weighted by Gasteiger charge is -2.14. The van der Waals surface area contributed by atoms with E-state index in [9.17, 15) is 4.79 Å². The Morgan fingerprint density at radius 1 is 0.828 bits per heavy atom. The van der Waals surface area contributed by atoms with Gasteiger partial charge in [0.1, 0.15) is 5.75 Å². The highest BCUT2D eigenvalue weighted by molar-refractivity contribution is 5.91. The average Bonchev–Trinajstić information content (AvgIpc) is 2.79. The summed E-state index contributed by atoms with van der Waals surface area (Å²) in [6.45, 7) is 0. The molecule has 0 aliphatic carbocycles. The summed E-state index contributed by atoms with van der Waals surface area (Å²) in [5.41, 5.74) is 4.46. The van der Waals surface area contributed by atoms with Crippen LogP contribution >= 0.6 is 0 Å². The van der Waals surface area contributed by atoms with Gasteiger partial charge in [-0.05, 0) is 17.7 Å². The van der Waals surface area contributed by atoms with Gasteiger partial charge in [0.2, 0.25) is 0 Å². The molecule has 1 heterocycles. The van der Waals surface area contributed by atoms with Gasteiger partial charge in [0.05, 0.1) is 18.4 Å². The average molecular weight is 380 g/mol. The summed E-state index contributed by atoms with van der Waals surface area (Å²) in [7, 11) is 1.63. The molecule has 29 heavy (non-hydrogen) atoms. The maximum Gasteiger partial charge on any atom is 0.272 e. The number of nitrogens with zero attached hydrogens (tertiary/aromatic N) is 1. The van der Waals surface area contributed by atoms with Gasteiger partial charge in [-0.25, -0.2) is 5.10 Å². The zero-order chi connectivity index (χ0) is 20.1. The molecule has 0 aliphatic rings. The van der Waals surface area contributed by atoms with Gasteiger partial charge in [-0.15, -0.1) is 0 Å². The molecular formula is C25H20N2O2. The zero-order valence-electron chi connectivity index (χ0n) is 16.0. The molecule has 0 aliphatic heterocycles. The van der Waals surface area contributed by atoms with Gasteiger partial charge in [-0.1, -0.05) is 84.9 Å². The Balaban J connectivity index is 1.99. The van der Waals surface area contributed by atoms with Crippen LogP contribution < -0.4 is 10.3 Å². The summed E-state index contributed by atoms with van der Waals surface area (Å²) in [4.78, 5) is 12.8. The van der Waals surface area contributed by atoms with Crippen LogP contribution in [0.2, 0.25) is 0 Å². The number of benzene rings is 3. The van der Waals surface area contributed by atoms with Crippen LogP contribution in [0, 0.1) is 0 Å². The van der Waals surface area contributed by atoms with Crippen LogP contribution in [0.3, 0.4) is 0 Å². The molecule has 0 saturated carbocycles. The monoisotopic (exact) mass is 380 g/mol. The van der Waals surface area contributed by atoms with Crippen molar-refractivity contribution in [3.8, 4) is 28.1 Å². The van der Waals surface area contributed by atoms with Gasteiger partial charge in [0.25, 0.3) is 5.56 Å². The number of H-pyrrole nitrogens is 1. The molecule has 4 rings (SSSR count). The smallest absolute Gasteiger partial charge is 0.272 e. The molecule has 1 aromatic heterocycles. The normalized spacial score (nSPS) is 10.9. The van der Waals surface area contributed by atoms with Crippen molar-refractivity contribution in [1.29, 1.82) is 0 Å². The molecule has 0 fully saturated rings. The number of para-hydroxylation sites is 1. The largest absolute Gasteiger partial charge is 0.496 e.